The number of rotatable bonds is 1. The number of aliphatic imine (C=N–C) groups is 1. The first-order valence-electron chi connectivity index (χ1n) is 8.26. The van der Waals surface area contributed by atoms with Gasteiger partial charge in [0.1, 0.15) is 12.4 Å². The molecule has 3 aliphatic heterocycles. The molecule has 2 N–H and O–H groups in total. The molecular weight excluding hydrogens is 320 g/mol. The Hall–Kier alpha value is -2.80. The standard InChI is InChI=1S/C18H17N4O3/c19-17-21-18(11-24-17)13-3-1-2-4-15(13)25-16-14(18)9-12(10-20-16)22-5-7-23-8-6-22/h2-4,9-10H,5-8,11H2,(H2,19,21)/t18-/m0/s1. The van der Waals surface area contributed by atoms with Gasteiger partial charge in [0, 0.05) is 18.7 Å². The molecule has 0 aliphatic carbocycles. The minimum absolute atomic E-state index is 0.180. The largest absolute Gasteiger partial charge is 0.462 e. The summed E-state index contributed by atoms with van der Waals surface area (Å²) in [5, 5.41) is 0. The monoisotopic (exact) mass is 337 g/mol. The number of morpholine rings is 1. The number of anilines is 1. The lowest BCUT2D eigenvalue weighted by molar-refractivity contribution is 0.122. The van der Waals surface area contributed by atoms with Crippen LogP contribution in [0.4, 0.5) is 5.69 Å². The van der Waals surface area contributed by atoms with Gasteiger partial charge in [-0.15, -0.1) is 0 Å². The summed E-state index contributed by atoms with van der Waals surface area (Å²) in [5.41, 5.74) is 7.91. The van der Waals surface area contributed by atoms with Crippen LogP contribution in [0.15, 0.2) is 35.5 Å². The number of fused-ring (bicyclic) bond motifs is 4. The zero-order valence-corrected chi connectivity index (χ0v) is 13.6. The number of nitrogens with two attached hydrogens (primary N) is 1. The first-order valence-corrected chi connectivity index (χ1v) is 8.26. The number of benzene rings is 1. The molecule has 2 aromatic rings. The van der Waals surface area contributed by atoms with E-state index in [9.17, 15) is 0 Å². The van der Waals surface area contributed by atoms with Crippen LogP contribution in [0.2, 0.25) is 0 Å². The maximum atomic E-state index is 6.00. The molecule has 7 nitrogen and oxygen atoms in total. The van der Waals surface area contributed by atoms with E-state index in [0.717, 1.165) is 29.9 Å². The highest BCUT2D eigenvalue weighted by Gasteiger charge is 2.47. The Balaban J connectivity index is 1.67. The maximum absolute atomic E-state index is 6.00. The molecule has 1 aromatic carbocycles. The van der Waals surface area contributed by atoms with Crippen molar-refractivity contribution in [3.63, 3.8) is 0 Å². The Kier molecular flexibility index (Phi) is 3.11. The molecule has 25 heavy (non-hydrogen) atoms. The predicted molar refractivity (Wildman–Crippen MR) is 91.0 cm³/mol. The molecular formula is C18H17N4O3. The molecule has 4 heterocycles. The van der Waals surface area contributed by atoms with Gasteiger partial charge < -0.3 is 24.8 Å². The molecule has 127 valence electrons. The van der Waals surface area contributed by atoms with E-state index in [-0.39, 0.29) is 6.02 Å². The fraction of sp³-hybridized carbons (Fsp3) is 0.333. The summed E-state index contributed by atoms with van der Waals surface area (Å²) in [6, 6.07) is 10.9. The van der Waals surface area contributed by atoms with Gasteiger partial charge in [-0.1, -0.05) is 6.07 Å². The SMILES string of the molecule is NC1=N[C@@]2(CO1)c1c[c]ccc1Oc1ncc(N3CCOCC3)cc12. The number of hydrogen-bond acceptors (Lipinski definition) is 7. The highest BCUT2D eigenvalue weighted by molar-refractivity contribution is 5.76. The molecule has 5 rings (SSSR count). The topological polar surface area (TPSA) is 82.2 Å². The fourth-order valence-corrected chi connectivity index (χ4v) is 3.60. The third kappa shape index (κ3) is 2.16. The molecule has 3 aliphatic rings. The van der Waals surface area contributed by atoms with E-state index in [0.29, 0.717) is 31.5 Å². The maximum Gasteiger partial charge on any atom is 0.283 e. The summed E-state index contributed by atoms with van der Waals surface area (Å²) in [6.45, 7) is 3.42. The van der Waals surface area contributed by atoms with E-state index in [4.69, 9.17) is 19.9 Å². The fourth-order valence-electron chi connectivity index (χ4n) is 3.60. The van der Waals surface area contributed by atoms with Crippen LogP contribution in [-0.2, 0) is 15.0 Å². The average Bonchev–Trinajstić information content (AvgIpc) is 3.05. The lowest BCUT2D eigenvalue weighted by atomic mass is 9.82. The third-order valence-corrected chi connectivity index (χ3v) is 4.86. The van der Waals surface area contributed by atoms with Crippen LogP contribution >= 0.6 is 0 Å². The van der Waals surface area contributed by atoms with E-state index in [2.05, 4.69) is 27.0 Å². The van der Waals surface area contributed by atoms with Gasteiger partial charge in [-0.25, -0.2) is 9.98 Å². The minimum atomic E-state index is -0.736. The normalized spacial score (nSPS) is 24.2. The average molecular weight is 337 g/mol. The first kappa shape index (κ1) is 14.5. The summed E-state index contributed by atoms with van der Waals surface area (Å²) in [7, 11) is 0. The van der Waals surface area contributed by atoms with Gasteiger partial charge in [0.05, 0.1) is 30.7 Å². The van der Waals surface area contributed by atoms with Crippen molar-refractivity contribution in [2.45, 2.75) is 5.54 Å². The molecule has 1 spiro atoms. The summed E-state index contributed by atoms with van der Waals surface area (Å²) < 4.78 is 17.0. The summed E-state index contributed by atoms with van der Waals surface area (Å²) in [6.07, 6.45) is 1.83. The first-order chi connectivity index (χ1) is 12.3. The van der Waals surface area contributed by atoms with Gasteiger partial charge >= 0.3 is 0 Å². The summed E-state index contributed by atoms with van der Waals surface area (Å²) >= 11 is 0. The molecule has 1 aromatic heterocycles. The third-order valence-electron chi connectivity index (χ3n) is 4.86. The van der Waals surface area contributed by atoms with Gasteiger partial charge in [-0.05, 0) is 24.3 Å². The Labute approximate surface area is 145 Å². The van der Waals surface area contributed by atoms with Gasteiger partial charge in [0.15, 0.2) is 5.54 Å². The van der Waals surface area contributed by atoms with E-state index < -0.39 is 5.54 Å². The van der Waals surface area contributed by atoms with Crippen LogP contribution in [0, 0.1) is 6.07 Å². The quantitative estimate of drug-likeness (QED) is 0.847. The Morgan fingerprint density at radius 2 is 2.12 bits per heavy atom. The zero-order valence-electron chi connectivity index (χ0n) is 13.6. The number of pyridine rings is 1. The van der Waals surface area contributed by atoms with Crippen molar-refractivity contribution in [1.82, 2.24) is 4.98 Å². The van der Waals surface area contributed by atoms with Crippen molar-refractivity contribution in [3.05, 3.63) is 47.7 Å². The number of hydrogen-bond donors (Lipinski definition) is 1. The minimum Gasteiger partial charge on any atom is -0.462 e. The van der Waals surface area contributed by atoms with Crippen LogP contribution in [0.25, 0.3) is 0 Å². The number of ether oxygens (including phenoxy) is 3. The van der Waals surface area contributed by atoms with Gasteiger partial charge in [0.25, 0.3) is 6.02 Å². The molecule has 0 saturated carbocycles. The molecule has 1 radical (unpaired) electrons. The van der Waals surface area contributed by atoms with E-state index in [1.165, 1.54) is 0 Å². The molecule has 1 atom stereocenters. The number of amidine groups is 1. The predicted octanol–water partition coefficient (Wildman–Crippen LogP) is 1.41. The Morgan fingerprint density at radius 1 is 1.24 bits per heavy atom. The Morgan fingerprint density at radius 3 is 2.92 bits per heavy atom. The van der Waals surface area contributed by atoms with E-state index in [1.807, 2.05) is 24.4 Å². The van der Waals surface area contributed by atoms with Gasteiger partial charge in [-0.2, -0.15) is 0 Å². The molecule has 0 amide bonds. The highest BCUT2D eigenvalue weighted by Crippen LogP contribution is 2.50. The zero-order chi connectivity index (χ0) is 16.9. The van der Waals surface area contributed by atoms with E-state index in [1.54, 1.807) is 0 Å². The Bertz CT molecular complexity index is 863. The van der Waals surface area contributed by atoms with Crippen molar-refractivity contribution >= 4 is 11.7 Å². The van der Waals surface area contributed by atoms with Crippen LogP contribution in [-0.4, -0.2) is 43.9 Å². The molecule has 7 heteroatoms. The molecule has 1 saturated heterocycles. The number of nitrogens with zero attached hydrogens (tertiary/aromatic N) is 3. The van der Waals surface area contributed by atoms with Crippen molar-refractivity contribution in [3.8, 4) is 11.6 Å². The van der Waals surface area contributed by atoms with Crippen LogP contribution in [0.1, 0.15) is 11.1 Å². The van der Waals surface area contributed by atoms with Crippen LogP contribution in [0.5, 0.6) is 11.6 Å². The number of aromatic nitrogens is 1. The van der Waals surface area contributed by atoms with Crippen molar-refractivity contribution < 1.29 is 14.2 Å². The van der Waals surface area contributed by atoms with Gasteiger partial charge in [-0.3, -0.25) is 0 Å². The molecule has 0 unspecified atom stereocenters. The highest BCUT2D eigenvalue weighted by atomic mass is 16.5. The second-order valence-corrected chi connectivity index (χ2v) is 6.27. The van der Waals surface area contributed by atoms with E-state index >= 15 is 0 Å². The van der Waals surface area contributed by atoms with Crippen LogP contribution < -0.4 is 15.4 Å². The second-order valence-electron chi connectivity index (χ2n) is 6.27. The van der Waals surface area contributed by atoms with Crippen molar-refractivity contribution in [1.29, 1.82) is 0 Å². The molecule has 0 bridgehead atoms. The smallest absolute Gasteiger partial charge is 0.283 e. The lowest BCUT2D eigenvalue weighted by Gasteiger charge is -2.34. The van der Waals surface area contributed by atoms with Crippen molar-refractivity contribution in [2.75, 3.05) is 37.8 Å². The second kappa shape index (κ2) is 5.35. The summed E-state index contributed by atoms with van der Waals surface area (Å²) in [4.78, 5) is 11.4. The summed E-state index contributed by atoms with van der Waals surface area (Å²) in [5.74, 6) is 1.25. The van der Waals surface area contributed by atoms with Crippen molar-refractivity contribution in [2.24, 2.45) is 10.7 Å². The lowest BCUT2D eigenvalue weighted by Crippen LogP contribution is -2.37. The van der Waals surface area contributed by atoms with Crippen LogP contribution in [0.3, 0.4) is 0 Å². The van der Waals surface area contributed by atoms with Gasteiger partial charge in [0.2, 0.25) is 5.88 Å². The molecule has 1 fully saturated rings.